The number of unbranched alkanes of at least 4 members (excludes halogenated alkanes) is 10. The molecule has 24 heavy (non-hydrogen) atoms. The van der Waals surface area contributed by atoms with Crippen LogP contribution in [0, 0.1) is 0 Å². The molecule has 0 saturated heterocycles. The molecular weight excluding hydrogens is 307 g/mol. The number of allylic oxidation sites excluding steroid dienone is 1. The summed E-state index contributed by atoms with van der Waals surface area (Å²) in [5, 5.41) is 2.82. The predicted octanol–water partition coefficient (Wildman–Crippen LogP) is 8.07. The molecule has 0 aromatic carbocycles. The summed E-state index contributed by atoms with van der Waals surface area (Å²) in [6.07, 6.45) is 23.7. The van der Waals surface area contributed by atoms with Gasteiger partial charge in [0.2, 0.25) is 0 Å². The number of hydrogen-bond acceptors (Lipinski definition) is 1. The summed E-state index contributed by atoms with van der Waals surface area (Å²) in [5.74, 6) is 0. The lowest BCUT2D eigenvalue weighted by Crippen LogP contribution is -2.18. The van der Waals surface area contributed by atoms with E-state index < -0.39 is 14.5 Å². The van der Waals surface area contributed by atoms with Crippen LogP contribution in [0.5, 0.6) is 0 Å². The molecule has 0 atom stereocenters. The molecule has 0 aliphatic rings. The Balaban J connectivity index is 3.74. The minimum atomic E-state index is -0.927. The van der Waals surface area contributed by atoms with Gasteiger partial charge in [0.15, 0.2) is 0 Å². The van der Waals surface area contributed by atoms with Crippen LogP contribution in [-0.4, -0.2) is 21.1 Å². The van der Waals surface area contributed by atoms with Crippen LogP contribution in [0.4, 0.5) is 0 Å². The predicted molar refractivity (Wildman–Crippen MR) is 112 cm³/mol. The molecule has 1 nitrogen and oxygen atoms in total. The first-order chi connectivity index (χ1) is 11.8. The third kappa shape index (κ3) is 18.6. The summed E-state index contributed by atoms with van der Waals surface area (Å²) in [5.41, 5.74) is 0. The molecule has 0 unspecified atom stereocenters. The third-order valence-electron chi connectivity index (χ3n) is 4.79. The standard InChI is InChI=1S/C10H19O.2C6H13.Al/c1-2-3-4-5-6-7-8-9-10-11;2*1-3-5-6-4-2;/h7-8H,2-6,9-10H2,1H3;2*1,3-6H2,2H3;/q-1;;;+1/b8-7-;;;. The molecule has 0 spiro atoms. The van der Waals surface area contributed by atoms with Crippen molar-refractivity contribution in [3.05, 3.63) is 12.2 Å². The highest BCUT2D eigenvalue weighted by molar-refractivity contribution is 6.51. The lowest BCUT2D eigenvalue weighted by Gasteiger charge is -2.12. The van der Waals surface area contributed by atoms with Crippen LogP contribution < -0.4 is 0 Å². The molecule has 0 aromatic heterocycles. The number of rotatable bonds is 19. The van der Waals surface area contributed by atoms with Crippen molar-refractivity contribution in [1.82, 2.24) is 0 Å². The first-order valence-corrected chi connectivity index (χ1v) is 13.2. The third-order valence-corrected chi connectivity index (χ3v) is 7.60. The van der Waals surface area contributed by atoms with Crippen LogP contribution in [0.3, 0.4) is 0 Å². The molecule has 0 fully saturated rings. The van der Waals surface area contributed by atoms with Gasteiger partial charge >= 0.3 is 14.5 Å². The van der Waals surface area contributed by atoms with E-state index in [0.717, 1.165) is 13.0 Å². The number of hydrogen-bond donors (Lipinski definition) is 0. The fourth-order valence-corrected chi connectivity index (χ4v) is 5.72. The minimum absolute atomic E-state index is 0.927. The van der Waals surface area contributed by atoms with Crippen molar-refractivity contribution in [2.45, 2.75) is 121 Å². The smallest absolute Gasteiger partial charge is 0.460 e. The summed E-state index contributed by atoms with van der Waals surface area (Å²) in [6, 6.07) is 0. The average Bonchev–Trinajstić information content (AvgIpc) is 2.60. The molecule has 142 valence electrons. The van der Waals surface area contributed by atoms with Crippen molar-refractivity contribution < 1.29 is 3.79 Å². The van der Waals surface area contributed by atoms with Gasteiger partial charge in [-0.25, -0.2) is 0 Å². The minimum Gasteiger partial charge on any atom is -0.500 e. The Morgan fingerprint density at radius 1 is 0.583 bits per heavy atom. The molecule has 0 bridgehead atoms. The van der Waals surface area contributed by atoms with E-state index in [4.69, 9.17) is 3.79 Å². The summed E-state index contributed by atoms with van der Waals surface area (Å²) in [6.45, 7) is 7.84. The van der Waals surface area contributed by atoms with Crippen LogP contribution in [0.1, 0.15) is 111 Å². The Hall–Kier alpha value is 0.232. The Bertz CT molecular complexity index is 240. The lowest BCUT2D eigenvalue weighted by atomic mass is 10.1. The van der Waals surface area contributed by atoms with E-state index in [-0.39, 0.29) is 0 Å². The van der Waals surface area contributed by atoms with Gasteiger partial charge in [0, 0.05) is 6.61 Å². The van der Waals surface area contributed by atoms with Gasteiger partial charge in [0.25, 0.3) is 0 Å². The quantitative estimate of drug-likeness (QED) is 0.130. The molecular formula is C22H45AlO. The van der Waals surface area contributed by atoms with E-state index in [1.807, 2.05) is 0 Å². The van der Waals surface area contributed by atoms with Gasteiger partial charge in [-0.3, -0.25) is 0 Å². The second-order valence-electron chi connectivity index (χ2n) is 7.30. The maximum Gasteiger partial charge on any atom is 0.460 e. The van der Waals surface area contributed by atoms with Crippen LogP contribution in [0.2, 0.25) is 10.6 Å². The SMILES string of the molecule is CCCCCC/C=C\CC[O][Al]([CH2]CCCCC)[CH2]CCCCC. The van der Waals surface area contributed by atoms with E-state index in [9.17, 15) is 0 Å². The highest BCUT2D eigenvalue weighted by Gasteiger charge is 2.18. The van der Waals surface area contributed by atoms with Gasteiger partial charge in [-0.15, -0.1) is 0 Å². The van der Waals surface area contributed by atoms with Crippen LogP contribution in [0.15, 0.2) is 12.2 Å². The fourth-order valence-electron chi connectivity index (χ4n) is 3.14. The summed E-state index contributed by atoms with van der Waals surface area (Å²) >= 11 is -0.927. The zero-order valence-corrected chi connectivity index (χ0v) is 18.3. The van der Waals surface area contributed by atoms with Crippen LogP contribution in [0.25, 0.3) is 0 Å². The van der Waals surface area contributed by atoms with E-state index in [0.29, 0.717) is 0 Å². The highest BCUT2D eigenvalue weighted by atomic mass is 27.2. The molecule has 2 heteroatoms. The van der Waals surface area contributed by atoms with Gasteiger partial charge in [-0.2, -0.15) is 0 Å². The van der Waals surface area contributed by atoms with Crippen LogP contribution in [-0.2, 0) is 3.79 Å². The zero-order valence-electron chi connectivity index (χ0n) is 17.2. The molecule has 0 aliphatic carbocycles. The first kappa shape index (κ1) is 24.2. The van der Waals surface area contributed by atoms with Crippen molar-refractivity contribution in [2.75, 3.05) is 6.61 Å². The maximum atomic E-state index is 6.34. The average molecular weight is 353 g/mol. The molecule has 0 N–H and O–H groups in total. The van der Waals surface area contributed by atoms with Gasteiger partial charge in [-0.05, 0) is 19.3 Å². The van der Waals surface area contributed by atoms with E-state index in [1.165, 1.54) is 94.0 Å². The summed E-state index contributed by atoms with van der Waals surface area (Å²) in [7, 11) is 0. The van der Waals surface area contributed by atoms with Crippen molar-refractivity contribution >= 4 is 14.5 Å². The molecule has 0 heterocycles. The monoisotopic (exact) mass is 352 g/mol. The van der Waals surface area contributed by atoms with E-state index >= 15 is 0 Å². The Kier molecular flexibility index (Phi) is 21.5. The molecule has 0 saturated carbocycles. The normalized spacial score (nSPS) is 11.5. The topological polar surface area (TPSA) is 9.23 Å². The van der Waals surface area contributed by atoms with Gasteiger partial charge in [0.1, 0.15) is 0 Å². The Labute approximate surface area is 158 Å². The second kappa shape index (κ2) is 21.3. The summed E-state index contributed by atoms with van der Waals surface area (Å²) < 4.78 is 6.34. The van der Waals surface area contributed by atoms with Gasteiger partial charge in [0.05, 0.1) is 0 Å². The maximum absolute atomic E-state index is 6.34. The lowest BCUT2D eigenvalue weighted by molar-refractivity contribution is 0.322. The zero-order chi connectivity index (χ0) is 17.7. The van der Waals surface area contributed by atoms with Gasteiger partial charge < -0.3 is 3.79 Å². The Morgan fingerprint density at radius 3 is 1.62 bits per heavy atom. The van der Waals surface area contributed by atoms with E-state index in [2.05, 4.69) is 32.9 Å². The fraction of sp³-hybridized carbons (Fsp3) is 0.909. The van der Waals surface area contributed by atoms with Crippen molar-refractivity contribution in [3.63, 3.8) is 0 Å². The van der Waals surface area contributed by atoms with Crippen molar-refractivity contribution in [3.8, 4) is 0 Å². The van der Waals surface area contributed by atoms with Gasteiger partial charge in [-0.1, -0.05) is 114 Å². The molecule has 0 radical (unpaired) electrons. The second-order valence-corrected chi connectivity index (χ2v) is 10.0. The Morgan fingerprint density at radius 2 is 1.08 bits per heavy atom. The van der Waals surface area contributed by atoms with Crippen molar-refractivity contribution in [2.24, 2.45) is 0 Å². The first-order valence-electron chi connectivity index (χ1n) is 11.1. The highest BCUT2D eigenvalue weighted by Crippen LogP contribution is 2.15. The molecule has 0 aromatic rings. The van der Waals surface area contributed by atoms with E-state index in [1.54, 1.807) is 0 Å². The molecule has 0 aliphatic heterocycles. The largest absolute Gasteiger partial charge is 0.500 e. The van der Waals surface area contributed by atoms with Crippen molar-refractivity contribution in [1.29, 1.82) is 0 Å². The van der Waals surface area contributed by atoms with Crippen LogP contribution >= 0.6 is 0 Å². The molecule has 0 rings (SSSR count). The summed E-state index contributed by atoms with van der Waals surface area (Å²) in [4.78, 5) is 0. The molecule has 0 amide bonds.